The molecule has 24 heavy (non-hydrogen) atoms. The van der Waals surface area contributed by atoms with E-state index in [2.05, 4.69) is 20.2 Å². The lowest BCUT2D eigenvalue weighted by atomic mass is 9.96. The monoisotopic (exact) mass is 326 g/mol. The molecule has 0 N–H and O–H groups in total. The molecule has 0 bridgehead atoms. The number of carbonyl (C=O) groups excluding carboxylic acids is 1. The molecule has 0 aromatic carbocycles. The Morgan fingerprint density at radius 2 is 2.25 bits per heavy atom. The minimum atomic E-state index is -0.0360. The van der Waals surface area contributed by atoms with Gasteiger partial charge < -0.3 is 9.42 Å². The Morgan fingerprint density at radius 1 is 1.38 bits per heavy atom. The molecule has 8 heteroatoms. The molecule has 1 unspecified atom stereocenters. The molecule has 1 atom stereocenters. The summed E-state index contributed by atoms with van der Waals surface area (Å²) < 4.78 is 6.72. The molecular weight excluding hydrogens is 308 g/mol. The highest BCUT2D eigenvalue weighted by molar-refractivity contribution is 6.01. The quantitative estimate of drug-likeness (QED) is 0.713. The third-order valence-electron chi connectivity index (χ3n) is 4.40. The number of hydrogen-bond acceptors (Lipinski definition) is 6. The average molecular weight is 326 g/mol. The number of carbonyl (C=O) groups is 1. The van der Waals surface area contributed by atoms with Gasteiger partial charge in [0.25, 0.3) is 5.91 Å². The number of nitrogens with zero attached hydrogens (tertiary/aromatic N) is 6. The van der Waals surface area contributed by atoms with E-state index in [-0.39, 0.29) is 11.8 Å². The van der Waals surface area contributed by atoms with Crippen molar-refractivity contribution in [2.24, 2.45) is 0 Å². The molecule has 1 aliphatic heterocycles. The Labute approximate surface area is 138 Å². The van der Waals surface area contributed by atoms with Crippen LogP contribution in [0.5, 0.6) is 0 Å². The molecule has 0 radical (unpaired) electrons. The lowest BCUT2D eigenvalue weighted by Gasteiger charge is -2.31. The van der Waals surface area contributed by atoms with Crippen molar-refractivity contribution >= 4 is 11.6 Å². The van der Waals surface area contributed by atoms with Gasteiger partial charge in [-0.2, -0.15) is 10.1 Å². The average Bonchev–Trinajstić information content (AvgIpc) is 3.17. The zero-order chi connectivity index (χ0) is 16.7. The second kappa shape index (κ2) is 5.70. The molecule has 3 aromatic rings. The third-order valence-corrected chi connectivity index (χ3v) is 4.40. The van der Waals surface area contributed by atoms with E-state index in [1.54, 1.807) is 29.9 Å². The van der Waals surface area contributed by atoms with Gasteiger partial charge in [0.15, 0.2) is 11.5 Å². The lowest BCUT2D eigenvalue weighted by Crippen LogP contribution is -2.39. The van der Waals surface area contributed by atoms with Crippen LogP contribution >= 0.6 is 0 Å². The van der Waals surface area contributed by atoms with Crippen LogP contribution in [-0.2, 0) is 0 Å². The number of fused-ring (bicyclic) bond motifs is 1. The number of piperidine rings is 1. The Morgan fingerprint density at radius 3 is 3.04 bits per heavy atom. The highest BCUT2D eigenvalue weighted by atomic mass is 16.5. The maximum atomic E-state index is 13.0. The van der Waals surface area contributed by atoms with E-state index in [0.29, 0.717) is 35.2 Å². The van der Waals surface area contributed by atoms with Gasteiger partial charge in [0.1, 0.15) is 5.56 Å². The zero-order valence-electron chi connectivity index (χ0n) is 13.6. The summed E-state index contributed by atoms with van der Waals surface area (Å²) in [6.45, 7) is 4.92. The van der Waals surface area contributed by atoms with Gasteiger partial charge in [-0.05, 0) is 25.8 Å². The van der Waals surface area contributed by atoms with Crippen molar-refractivity contribution in [3.8, 4) is 0 Å². The highest BCUT2D eigenvalue weighted by Gasteiger charge is 2.30. The molecule has 1 aliphatic rings. The van der Waals surface area contributed by atoms with Gasteiger partial charge in [-0.15, -0.1) is 0 Å². The predicted octanol–water partition coefficient (Wildman–Crippen LogP) is 1.75. The summed E-state index contributed by atoms with van der Waals surface area (Å²) in [4.78, 5) is 23.5. The molecular formula is C16H18N6O2. The van der Waals surface area contributed by atoms with Crippen molar-refractivity contribution in [2.75, 3.05) is 13.1 Å². The SMILES string of the molecule is Cc1nc(C2CCCN(C(=O)c3c(C)nn4cccnc34)C2)no1. The van der Waals surface area contributed by atoms with Crippen LogP contribution in [0.15, 0.2) is 23.0 Å². The van der Waals surface area contributed by atoms with Crippen LogP contribution in [0.1, 0.15) is 46.5 Å². The van der Waals surface area contributed by atoms with Gasteiger partial charge in [0, 0.05) is 38.3 Å². The molecule has 124 valence electrons. The van der Waals surface area contributed by atoms with Crippen LogP contribution in [0.2, 0.25) is 0 Å². The summed E-state index contributed by atoms with van der Waals surface area (Å²) in [5, 5.41) is 8.39. The van der Waals surface area contributed by atoms with Crippen LogP contribution in [-0.4, -0.2) is 48.6 Å². The van der Waals surface area contributed by atoms with Gasteiger partial charge in [-0.3, -0.25) is 4.79 Å². The molecule has 1 fully saturated rings. The second-order valence-corrected chi connectivity index (χ2v) is 6.11. The van der Waals surface area contributed by atoms with Gasteiger partial charge in [-0.1, -0.05) is 5.16 Å². The third kappa shape index (κ3) is 2.44. The van der Waals surface area contributed by atoms with E-state index in [1.165, 1.54) is 0 Å². The van der Waals surface area contributed by atoms with Crippen molar-refractivity contribution in [1.82, 2.24) is 29.6 Å². The van der Waals surface area contributed by atoms with Crippen molar-refractivity contribution in [2.45, 2.75) is 32.6 Å². The first-order valence-electron chi connectivity index (χ1n) is 8.03. The summed E-state index contributed by atoms with van der Waals surface area (Å²) in [5.41, 5.74) is 1.86. The minimum absolute atomic E-state index is 0.0360. The first-order valence-corrected chi connectivity index (χ1v) is 8.03. The number of rotatable bonds is 2. The lowest BCUT2D eigenvalue weighted by molar-refractivity contribution is 0.0704. The fraction of sp³-hybridized carbons (Fsp3) is 0.438. The van der Waals surface area contributed by atoms with Crippen molar-refractivity contribution in [3.05, 3.63) is 41.4 Å². The van der Waals surface area contributed by atoms with Crippen molar-refractivity contribution < 1.29 is 9.32 Å². The normalized spacial score (nSPS) is 18.2. The smallest absolute Gasteiger partial charge is 0.259 e. The van der Waals surface area contributed by atoms with E-state index in [9.17, 15) is 4.79 Å². The standard InChI is InChI=1S/C16H18N6O2/c1-10-13(15-17-6-4-8-22(15)19-10)16(23)21-7-3-5-12(9-21)14-18-11(2)24-20-14/h4,6,8,12H,3,5,7,9H2,1-2H3. The van der Waals surface area contributed by atoms with Crippen LogP contribution in [0.25, 0.3) is 5.65 Å². The second-order valence-electron chi connectivity index (χ2n) is 6.11. The summed E-state index contributed by atoms with van der Waals surface area (Å²) in [5.74, 6) is 1.30. The fourth-order valence-corrected chi connectivity index (χ4v) is 3.26. The van der Waals surface area contributed by atoms with E-state index in [4.69, 9.17) is 4.52 Å². The Bertz CT molecular complexity index is 899. The number of hydrogen-bond donors (Lipinski definition) is 0. The van der Waals surface area contributed by atoms with Crippen LogP contribution < -0.4 is 0 Å². The molecule has 1 saturated heterocycles. The maximum absolute atomic E-state index is 13.0. The minimum Gasteiger partial charge on any atom is -0.340 e. The van der Waals surface area contributed by atoms with Crippen molar-refractivity contribution in [3.63, 3.8) is 0 Å². The first-order chi connectivity index (χ1) is 11.6. The molecule has 0 spiro atoms. The summed E-state index contributed by atoms with van der Waals surface area (Å²) >= 11 is 0. The highest BCUT2D eigenvalue weighted by Crippen LogP contribution is 2.27. The summed E-state index contributed by atoms with van der Waals surface area (Å²) in [6, 6.07) is 1.79. The van der Waals surface area contributed by atoms with E-state index < -0.39 is 0 Å². The van der Waals surface area contributed by atoms with Gasteiger partial charge in [0.05, 0.1) is 5.69 Å². The zero-order valence-corrected chi connectivity index (χ0v) is 13.6. The largest absolute Gasteiger partial charge is 0.340 e. The fourth-order valence-electron chi connectivity index (χ4n) is 3.26. The van der Waals surface area contributed by atoms with Crippen LogP contribution in [0.4, 0.5) is 0 Å². The van der Waals surface area contributed by atoms with E-state index >= 15 is 0 Å². The first kappa shape index (κ1) is 14.8. The van der Waals surface area contributed by atoms with Crippen molar-refractivity contribution in [1.29, 1.82) is 0 Å². The topological polar surface area (TPSA) is 89.4 Å². The van der Waals surface area contributed by atoms with Gasteiger partial charge in [-0.25, -0.2) is 9.50 Å². The molecule has 1 amide bonds. The van der Waals surface area contributed by atoms with Crippen LogP contribution in [0.3, 0.4) is 0 Å². The number of likely N-dealkylation sites (tertiary alicyclic amines) is 1. The maximum Gasteiger partial charge on any atom is 0.259 e. The Hall–Kier alpha value is -2.77. The molecule has 4 heterocycles. The molecule has 0 aliphatic carbocycles. The molecule has 3 aromatic heterocycles. The van der Waals surface area contributed by atoms with E-state index in [1.807, 2.05) is 11.8 Å². The summed E-state index contributed by atoms with van der Waals surface area (Å²) in [6.07, 6.45) is 5.34. The number of aromatic nitrogens is 5. The molecule has 8 nitrogen and oxygen atoms in total. The van der Waals surface area contributed by atoms with E-state index in [0.717, 1.165) is 19.4 Å². The Kier molecular flexibility index (Phi) is 3.51. The Balaban J connectivity index is 1.62. The number of amides is 1. The van der Waals surface area contributed by atoms with Gasteiger partial charge in [0.2, 0.25) is 5.89 Å². The molecule has 0 saturated carbocycles. The number of aryl methyl sites for hydroxylation is 2. The molecule has 4 rings (SSSR count). The summed E-state index contributed by atoms with van der Waals surface area (Å²) in [7, 11) is 0. The predicted molar refractivity (Wildman–Crippen MR) is 84.6 cm³/mol. The van der Waals surface area contributed by atoms with Gasteiger partial charge >= 0.3 is 0 Å². The van der Waals surface area contributed by atoms with Crippen LogP contribution in [0, 0.1) is 13.8 Å².